The molecule has 0 spiro atoms. The van der Waals surface area contributed by atoms with E-state index >= 15 is 0 Å². The zero-order valence-electron chi connectivity index (χ0n) is 26.9. The third-order valence-corrected chi connectivity index (χ3v) is 19.8. The van der Waals surface area contributed by atoms with E-state index in [0.717, 1.165) is 36.9 Å². The van der Waals surface area contributed by atoms with Gasteiger partial charge in [-0.3, -0.25) is 4.79 Å². The molecule has 0 saturated carbocycles. The van der Waals surface area contributed by atoms with Gasteiger partial charge in [-0.1, -0.05) is 95.9 Å². The summed E-state index contributed by atoms with van der Waals surface area (Å²) in [6, 6.07) is 14.9. The fraction of sp³-hybridized carbons (Fsp3) is 0.486. The molecule has 1 N–H and O–H groups in total. The molecule has 2 aromatic carbocycles. The van der Waals surface area contributed by atoms with Crippen LogP contribution < -0.4 is 10.4 Å². The summed E-state index contributed by atoms with van der Waals surface area (Å²) in [5, 5.41) is 15.9. The number of nitrogens with zero attached hydrogens (tertiary/aromatic N) is 1. The van der Waals surface area contributed by atoms with Gasteiger partial charge in [0.05, 0.1) is 21.9 Å². The van der Waals surface area contributed by atoms with E-state index in [1.165, 1.54) is 33.6 Å². The third-order valence-electron chi connectivity index (χ3n) is 8.72. The molecule has 1 aromatic heterocycles. The molecule has 6 heteroatoms. The normalized spacial score (nSPS) is 15.4. The second-order valence-corrected chi connectivity index (χ2v) is 22.9. The molecular weight excluding hydrogens is 715 g/mol. The van der Waals surface area contributed by atoms with E-state index in [9.17, 15) is 9.90 Å². The van der Waals surface area contributed by atoms with E-state index in [4.69, 9.17) is 4.98 Å². The number of aliphatic hydroxyl groups excluding tert-OH is 1. The molecule has 1 aliphatic rings. The minimum absolute atomic E-state index is 0. The van der Waals surface area contributed by atoms with Crippen LogP contribution >= 0.6 is 0 Å². The Labute approximate surface area is 264 Å². The predicted molar refractivity (Wildman–Crippen MR) is 178 cm³/mol. The van der Waals surface area contributed by atoms with Crippen LogP contribution in [0.25, 0.3) is 22.0 Å². The first-order valence-electron chi connectivity index (χ1n) is 15.2. The quantitative estimate of drug-likeness (QED) is 0.108. The average Bonchev–Trinajstić information content (AvgIpc) is 3.08. The summed E-state index contributed by atoms with van der Waals surface area (Å²) in [5.41, 5.74) is 6.12. The van der Waals surface area contributed by atoms with Crippen molar-refractivity contribution < 1.29 is 30.0 Å². The number of fused-ring (bicyclic) bond motifs is 3. The van der Waals surface area contributed by atoms with Crippen LogP contribution in [0.4, 0.5) is 0 Å². The first-order chi connectivity index (χ1) is 18.8. The molecule has 0 amide bonds. The van der Waals surface area contributed by atoms with Crippen molar-refractivity contribution in [2.75, 3.05) is 0 Å². The molecule has 3 nitrogen and oxygen atoms in total. The number of aryl methyl sites for hydroxylation is 2. The fourth-order valence-corrected chi connectivity index (χ4v) is 22.3. The molecule has 2 heterocycles. The SMILES string of the molecule is CCC(CC)C(=O)/C=C(\O)C(CC)CC.Cc1[c-]c(-c2nccc3c4c(ccc23)[Si](C)(C)C[Si]4(C)C)cc(C)c1.[Ir]. The summed E-state index contributed by atoms with van der Waals surface area (Å²) in [4.78, 5) is 16.5. The Morgan fingerprint density at radius 1 is 0.927 bits per heavy atom. The molecule has 0 aliphatic carbocycles. The number of hydrogen-bond acceptors (Lipinski definition) is 3. The number of pyridine rings is 1. The van der Waals surface area contributed by atoms with E-state index in [-0.39, 0.29) is 43.5 Å². The monoisotopic (exact) mass is 765 g/mol. The summed E-state index contributed by atoms with van der Waals surface area (Å²) < 4.78 is 0. The fourth-order valence-electron chi connectivity index (χ4n) is 6.85. The van der Waals surface area contributed by atoms with Crippen molar-refractivity contribution in [3.05, 3.63) is 65.6 Å². The van der Waals surface area contributed by atoms with Gasteiger partial charge in [0.25, 0.3) is 0 Å². The number of aromatic nitrogens is 1. The van der Waals surface area contributed by atoms with Gasteiger partial charge < -0.3 is 10.1 Å². The third kappa shape index (κ3) is 7.96. The molecule has 0 saturated heterocycles. The topological polar surface area (TPSA) is 50.2 Å². The van der Waals surface area contributed by atoms with Gasteiger partial charge >= 0.3 is 0 Å². The molecule has 1 radical (unpaired) electrons. The second-order valence-electron chi connectivity index (χ2n) is 12.9. The van der Waals surface area contributed by atoms with Crippen LogP contribution in [0, 0.1) is 31.7 Å². The van der Waals surface area contributed by atoms with Crippen LogP contribution in [0.2, 0.25) is 31.9 Å². The van der Waals surface area contributed by atoms with Crippen LogP contribution in [0.5, 0.6) is 0 Å². The Morgan fingerprint density at radius 3 is 2.10 bits per heavy atom. The van der Waals surface area contributed by atoms with Crippen LogP contribution in [0.15, 0.2) is 48.4 Å². The smallest absolute Gasteiger partial charge is 0.162 e. The molecule has 0 bridgehead atoms. The predicted octanol–water partition coefficient (Wildman–Crippen LogP) is 8.57. The Hall–Kier alpha value is -1.86. The van der Waals surface area contributed by atoms with Crippen molar-refractivity contribution in [1.82, 2.24) is 4.98 Å². The maximum absolute atomic E-state index is 11.7. The number of rotatable bonds is 8. The van der Waals surface area contributed by atoms with Crippen LogP contribution in [0.3, 0.4) is 0 Å². The average molecular weight is 765 g/mol. The van der Waals surface area contributed by atoms with Gasteiger partial charge in [-0.2, -0.15) is 0 Å². The number of aliphatic hydroxyl groups is 1. The Balaban J connectivity index is 0.000000320. The number of hydrogen-bond donors (Lipinski definition) is 1. The van der Waals surface area contributed by atoms with Gasteiger partial charge in [0, 0.05) is 44.2 Å². The summed E-state index contributed by atoms with van der Waals surface area (Å²) in [6.45, 7) is 22.5. The number of carbonyl (C=O) groups is 1. The number of ketones is 1. The van der Waals surface area contributed by atoms with E-state index in [0.29, 0.717) is 0 Å². The van der Waals surface area contributed by atoms with Crippen molar-refractivity contribution in [2.45, 2.75) is 99.1 Å². The maximum atomic E-state index is 11.7. The van der Waals surface area contributed by atoms with Gasteiger partial charge in [-0.25, -0.2) is 0 Å². The standard InChI is InChI=1S/C22H26NSi2.C13H24O2.Ir/c1-15-11-16(2)13-17(12-15)21-18-7-8-20-22(19(18)9-10-23-21)25(5,6)14-24(20,3)4;1-5-10(6-2)12(14)9-13(15)11(7-3)8-4;/h7-12H,14H2,1-6H3;9-11,14H,5-8H2,1-4H3;/q-1;;/b;12-9-;. The second kappa shape index (κ2) is 14.5. The molecule has 41 heavy (non-hydrogen) atoms. The molecule has 3 aromatic rings. The maximum Gasteiger partial charge on any atom is 0.162 e. The van der Waals surface area contributed by atoms with Gasteiger partial charge in [0.2, 0.25) is 0 Å². The zero-order chi connectivity index (χ0) is 29.8. The Bertz CT molecular complexity index is 1370. The minimum Gasteiger partial charge on any atom is -0.512 e. The summed E-state index contributed by atoms with van der Waals surface area (Å²) in [7, 11) is -2.68. The van der Waals surface area contributed by atoms with Crippen molar-refractivity contribution >= 4 is 43.1 Å². The number of carbonyl (C=O) groups excluding carboxylic acids is 1. The number of allylic oxidation sites excluding steroid dienone is 2. The molecule has 225 valence electrons. The van der Waals surface area contributed by atoms with Crippen LogP contribution in [0.1, 0.15) is 64.5 Å². The minimum atomic E-state index is -1.38. The van der Waals surface area contributed by atoms with Crippen molar-refractivity contribution in [1.29, 1.82) is 0 Å². The van der Waals surface area contributed by atoms with Gasteiger partial charge in [-0.15, -0.1) is 34.9 Å². The molecule has 0 unspecified atom stereocenters. The Morgan fingerprint density at radius 2 is 1.54 bits per heavy atom. The van der Waals surface area contributed by atoms with Gasteiger partial charge in [0.1, 0.15) is 0 Å². The molecule has 1 aliphatic heterocycles. The zero-order valence-corrected chi connectivity index (χ0v) is 31.3. The van der Waals surface area contributed by atoms with Crippen molar-refractivity contribution in [2.24, 2.45) is 11.8 Å². The van der Waals surface area contributed by atoms with E-state index < -0.39 is 16.1 Å². The first kappa shape index (κ1) is 35.3. The molecule has 0 atom stereocenters. The Kier molecular flexibility index (Phi) is 12.5. The molecule has 0 fully saturated rings. The molecular formula is C35H50IrNO2Si2-. The van der Waals surface area contributed by atoms with Crippen molar-refractivity contribution in [3.8, 4) is 11.3 Å². The van der Waals surface area contributed by atoms with Crippen LogP contribution in [-0.4, -0.2) is 32.0 Å². The van der Waals surface area contributed by atoms with E-state index in [1.54, 1.807) is 10.4 Å². The molecule has 4 rings (SSSR count). The van der Waals surface area contributed by atoms with Gasteiger partial charge in [-0.05, 0) is 48.2 Å². The summed E-state index contributed by atoms with van der Waals surface area (Å²) >= 11 is 0. The summed E-state index contributed by atoms with van der Waals surface area (Å²) in [5.74, 6) is 0.547. The van der Waals surface area contributed by atoms with Gasteiger partial charge in [0.15, 0.2) is 5.78 Å². The first-order valence-corrected chi connectivity index (χ1v) is 21.6. The van der Waals surface area contributed by atoms with Crippen molar-refractivity contribution in [3.63, 3.8) is 0 Å². The van der Waals surface area contributed by atoms with E-state index in [1.807, 2.05) is 33.9 Å². The number of benzene rings is 2. The van der Waals surface area contributed by atoms with Crippen LogP contribution in [-0.2, 0) is 24.9 Å². The summed E-state index contributed by atoms with van der Waals surface area (Å²) in [6.07, 6.45) is 6.91. The largest absolute Gasteiger partial charge is 0.512 e. The van der Waals surface area contributed by atoms with E-state index in [2.05, 4.69) is 76.4 Å².